The molecule has 7 nitrogen and oxygen atoms in total. The summed E-state index contributed by atoms with van der Waals surface area (Å²) in [5.74, 6) is -0.313. The molecule has 228 valence electrons. The Bertz CT molecular complexity index is 1530. The van der Waals surface area contributed by atoms with Gasteiger partial charge in [0.15, 0.2) is 0 Å². The van der Waals surface area contributed by atoms with Gasteiger partial charge in [-0.25, -0.2) is 4.79 Å². The van der Waals surface area contributed by atoms with Crippen molar-refractivity contribution in [2.24, 2.45) is 0 Å². The van der Waals surface area contributed by atoms with Crippen molar-refractivity contribution in [1.29, 1.82) is 0 Å². The number of alkyl halides is 3. The third-order valence-electron chi connectivity index (χ3n) is 7.48. The van der Waals surface area contributed by atoms with Gasteiger partial charge in [-0.3, -0.25) is 4.79 Å². The van der Waals surface area contributed by atoms with Crippen LogP contribution in [0.5, 0.6) is 0 Å². The molecule has 0 fully saturated rings. The highest BCUT2D eigenvalue weighted by atomic mass is 19.4. The first-order valence-corrected chi connectivity index (χ1v) is 14.2. The molecular weight excluding hydrogens is 557 g/mol. The number of para-hydroxylation sites is 1. The fourth-order valence-electron chi connectivity index (χ4n) is 4.84. The van der Waals surface area contributed by atoms with Crippen molar-refractivity contribution in [2.75, 3.05) is 38.7 Å². The third-order valence-corrected chi connectivity index (χ3v) is 7.48. The van der Waals surface area contributed by atoms with Crippen molar-refractivity contribution in [2.45, 2.75) is 39.4 Å². The van der Waals surface area contributed by atoms with Crippen LogP contribution in [0.15, 0.2) is 72.9 Å². The van der Waals surface area contributed by atoms with Crippen LogP contribution in [-0.2, 0) is 28.7 Å². The van der Waals surface area contributed by atoms with Crippen LogP contribution in [-0.4, -0.2) is 60.1 Å². The number of hydrogen-bond acceptors (Lipinski definition) is 3. The lowest BCUT2D eigenvalue weighted by Gasteiger charge is -2.28. The van der Waals surface area contributed by atoms with Gasteiger partial charge in [-0.15, -0.1) is 0 Å². The van der Waals surface area contributed by atoms with Crippen LogP contribution < -0.4 is 5.32 Å². The number of aryl methyl sites for hydroxylation is 2. The highest BCUT2D eigenvalue weighted by Gasteiger charge is 2.30. The number of benzene rings is 3. The Kier molecular flexibility index (Phi) is 10.5. The van der Waals surface area contributed by atoms with E-state index < -0.39 is 17.8 Å². The van der Waals surface area contributed by atoms with Gasteiger partial charge in [0, 0.05) is 56.1 Å². The largest absolute Gasteiger partial charge is 0.416 e. The van der Waals surface area contributed by atoms with Crippen LogP contribution in [0.2, 0.25) is 0 Å². The Hall–Kier alpha value is -4.31. The molecule has 0 aliphatic carbocycles. The Morgan fingerprint density at radius 3 is 2.37 bits per heavy atom. The number of fused-ring (bicyclic) bond motifs is 1. The molecule has 4 aromatic rings. The van der Waals surface area contributed by atoms with Crippen LogP contribution in [0.25, 0.3) is 10.9 Å². The summed E-state index contributed by atoms with van der Waals surface area (Å²) in [5.41, 5.74) is 4.55. The van der Waals surface area contributed by atoms with Crippen molar-refractivity contribution < 1.29 is 27.5 Å². The minimum Gasteiger partial charge on any atom is -0.385 e. The Labute approximate surface area is 249 Å². The predicted octanol–water partition coefficient (Wildman–Crippen LogP) is 6.95. The molecule has 43 heavy (non-hydrogen) atoms. The number of amides is 3. The van der Waals surface area contributed by atoms with Crippen molar-refractivity contribution in [3.63, 3.8) is 0 Å². The van der Waals surface area contributed by atoms with Gasteiger partial charge >= 0.3 is 12.2 Å². The van der Waals surface area contributed by atoms with Crippen molar-refractivity contribution in [3.05, 3.63) is 101 Å². The number of nitrogens with zero attached hydrogens (tertiary/aromatic N) is 2. The number of carbonyl (C=O) groups is 2. The summed E-state index contributed by atoms with van der Waals surface area (Å²) in [4.78, 5) is 33.4. The van der Waals surface area contributed by atoms with Gasteiger partial charge in [-0.2, -0.15) is 13.2 Å². The summed E-state index contributed by atoms with van der Waals surface area (Å²) in [6.07, 6.45) is -1.50. The minimum absolute atomic E-state index is 0.101. The van der Waals surface area contributed by atoms with E-state index in [0.717, 1.165) is 39.7 Å². The number of nitrogens with one attached hydrogen (secondary N) is 2. The van der Waals surface area contributed by atoms with E-state index in [-0.39, 0.29) is 25.5 Å². The van der Waals surface area contributed by atoms with Crippen LogP contribution in [0, 0.1) is 13.8 Å². The molecule has 0 aliphatic heterocycles. The first-order chi connectivity index (χ1) is 20.5. The van der Waals surface area contributed by atoms with Gasteiger partial charge in [0.2, 0.25) is 5.91 Å². The lowest BCUT2D eigenvalue weighted by Crippen LogP contribution is -2.45. The number of methoxy groups -OCH3 is 1. The fourth-order valence-corrected chi connectivity index (χ4v) is 4.84. The maximum atomic E-state index is 13.8. The van der Waals surface area contributed by atoms with E-state index in [1.165, 1.54) is 17.0 Å². The molecule has 3 amide bonds. The van der Waals surface area contributed by atoms with Gasteiger partial charge in [-0.1, -0.05) is 36.4 Å². The summed E-state index contributed by atoms with van der Waals surface area (Å²) in [6, 6.07) is 17.8. The summed E-state index contributed by atoms with van der Waals surface area (Å²) < 4.78 is 44.6. The smallest absolute Gasteiger partial charge is 0.385 e. The zero-order valence-corrected chi connectivity index (χ0v) is 24.6. The van der Waals surface area contributed by atoms with E-state index in [1.54, 1.807) is 12.0 Å². The first kappa shape index (κ1) is 31.6. The molecule has 0 unspecified atom stereocenters. The van der Waals surface area contributed by atoms with E-state index in [0.29, 0.717) is 37.2 Å². The van der Waals surface area contributed by atoms with Gasteiger partial charge in [0.1, 0.15) is 6.54 Å². The fraction of sp³-hybridized carbons (Fsp3) is 0.333. The number of ether oxygens (including phenoxy) is 1. The zero-order chi connectivity index (χ0) is 31.0. The maximum absolute atomic E-state index is 13.8. The van der Waals surface area contributed by atoms with Gasteiger partial charge in [0.05, 0.1) is 5.56 Å². The van der Waals surface area contributed by atoms with Gasteiger partial charge in [-0.05, 0) is 79.3 Å². The highest BCUT2D eigenvalue weighted by Crippen LogP contribution is 2.29. The van der Waals surface area contributed by atoms with Gasteiger partial charge < -0.3 is 24.8 Å². The number of aromatic amines is 1. The zero-order valence-electron chi connectivity index (χ0n) is 24.6. The molecule has 4 rings (SSSR count). The van der Waals surface area contributed by atoms with E-state index in [2.05, 4.69) is 10.3 Å². The average Bonchev–Trinajstić information content (AvgIpc) is 3.39. The lowest BCUT2D eigenvalue weighted by molar-refractivity contribution is -0.137. The monoisotopic (exact) mass is 594 g/mol. The number of aromatic nitrogens is 1. The van der Waals surface area contributed by atoms with Crippen LogP contribution in [0.1, 0.15) is 34.2 Å². The normalized spacial score (nSPS) is 11.5. The molecule has 0 spiro atoms. The predicted molar refractivity (Wildman–Crippen MR) is 162 cm³/mol. The summed E-state index contributed by atoms with van der Waals surface area (Å²) >= 11 is 0. The molecule has 0 saturated heterocycles. The van der Waals surface area contributed by atoms with Crippen molar-refractivity contribution in [1.82, 2.24) is 14.8 Å². The van der Waals surface area contributed by atoms with Crippen molar-refractivity contribution >= 4 is 28.5 Å². The van der Waals surface area contributed by atoms with E-state index in [1.807, 2.05) is 62.5 Å². The summed E-state index contributed by atoms with van der Waals surface area (Å²) in [5, 5.41) is 3.93. The molecular formula is C33H37F3N4O3. The Morgan fingerprint density at radius 2 is 1.67 bits per heavy atom. The second-order valence-electron chi connectivity index (χ2n) is 10.6. The topological polar surface area (TPSA) is 77.7 Å². The second-order valence-corrected chi connectivity index (χ2v) is 10.6. The molecule has 2 N–H and O–H groups in total. The van der Waals surface area contributed by atoms with E-state index in [9.17, 15) is 22.8 Å². The lowest BCUT2D eigenvalue weighted by atomic mass is 10.1. The average molecular weight is 595 g/mol. The minimum atomic E-state index is -4.45. The Morgan fingerprint density at radius 1 is 0.930 bits per heavy atom. The van der Waals surface area contributed by atoms with E-state index in [4.69, 9.17) is 4.74 Å². The SMILES string of the molecule is COCCCN(CC(=O)N(CCc1c[nH]c2ccccc12)Cc1ccc(C(F)(F)F)cc1)C(=O)Nc1ccc(C)c(C)c1. The number of H-pyrrole nitrogens is 1. The highest BCUT2D eigenvalue weighted by molar-refractivity contribution is 5.92. The molecule has 0 radical (unpaired) electrons. The van der Waals surface area contributed by atoms with Crippen LogP contribution in [0.4, 0.5) is 23.7 Å². The number of halogens is 3. The van der Waals surface area contributed by atoms with Crippen LogP contribution in [0.3, 0.4) is 0 Å². The van der Waals surface area contributed by atoms with Crippen molar-refractivity contribution in [3.8, 4) is 0 Å². The third kappa shape index (κ3) is 8.61. The molecule has 3 aromatic carbocycles. The standard InChI is InChI=1S/C33H37F3N4O3/c1-23-9-14-28(19-24(23)2)38-32(42)40(16-6-18-43-3)22-31(41)39(21-25-10-12-27(13-11-25)33(34,35)36)17-15-26-20-37-30-8-5-4-7-29(26)30/h4-5,7-14,19-20,37H,6,15-18,21-22H2,1-3H3,(H,38,42). The first-order valence-electron chi connectivity index (χ1n) is 14.2. The quantitative estimate of drug-likeness (QED) is 0.174. The number of anilines is 1. The summed E-state index contributed by atoms with van der Waals surface area (Å²) in [6.45, 7) is 4.85. The molecule has 0 atom stereocenters. The molecule has 0 bridgehead atoms. The molecule has 1 aromatic heterocycles. The number of rotatable bonds is 12. The molecule has 0 aliphatic rings. The number of hydrogen-bond donors (Lipinski definition) is 2. The summed E-state index contributed by atoms with van der Waals surface area (Å²) in [7, 11) is 1.57. The van der Waals surface area contributed by atoms with E-state index >= 15 is 0 Å². The number of carbonyl (C=O) groups excluding carboxylic acids is 2. The molecule has 1 heterocycles. The van der Waals surface area contributed by atoms with Crippen LogP contribution >= 0.6 is 0 Å². The Balaban J connectivity index is 1.54. The second kappa shape index (κ2) is 14.2. The van der Waals surface area contributed by atoms with Gasteiger partial charge in [0.25, 0.3) is 0 Å². The molecule has 10 heteroatoms. The maximum Gasteiger partial charge on any atom is 0.416 e. The number of urea groups is 1. The molecule has 0 saturated carbocycles.